The predicted molar refractivity (Wildman–Crippen MR) is 93.1 cm³/mol. The van der Waals surface area contributed by atoms with Gasteiger partial charge in [-0.05, 0) is 24.1 Å². The van der Waals surface area contributed by atoms with Crippen molar-refractivity contribution in [3.05, 3.63) is 42.2 Å². The highest BCUT2D eigenvalue weighted by molar-refractivity contribution is 5.97. The van der Waals surface area contributed by atoms with Crippen molar-refractivity contribution in [3.8, 4) is 11.1 Å². The molecule has 1 aromatic heterocycles. The van der Waals surface area contributed by atoms with Gasteiger partial charge in [0.05, 0.1) is 25.3 Å². The Labute approximate surface area is 150 Å². The van der Waals surface area contributed by atoms with Crippen LogP contribution in [0.3, 0.4) is 0 Å². The first-order chi connectivity index (χ1) is 12.7. The summed E-state index contributed by atoms with van der Waals surface area (Å²) in [5.41, 5.74) is 1.90. The van der Waals surface area contributed by atoms with E-state index in [0.717, 1.165) is 24.1 Å². The van der Waals surface area contributed by atoms with Crippen LogP contribution in [-0.2, 0) is 9.53 Å². The van der Waals surface area contributed by atoms with Gasteiger partial charge in [-0.3, -0.25) is 14.7 Å². The third-order valence-corrected chi connectivity index (χ3v) is 5.81. The summed E-state index contributed by atoms with van der Waals surface area (Å²) in [6.07, 6.45) is 5.44. The summed E-state index contributed by atoms with van der Waals surface area (Å²) in [6, 6.07) is 7.35. The maximum Gasteiger partial charge on any atom is 0.254 e. The topological polar surface area (TPSA) is 78.5 Å². The number of aromatic amines is 1. The summed E-state index contributed by atoms with van der Waals surface area (Å²) < 4.78 is 6.08. The average molecular weight is 352 g/mol. The molecule has 3 fully saturated rings. The van der Waals surface area contributed by atoms with Crippen LogP contribution in [0.2, 0.25) is 0 Å². The standard InChI is InChI=1S/C19H20N4O3/c24-17-10-16-19(23(17)6-2-8-26-19)5-7-22(16)18(25)14-4-1-3-13(9-14)15-11-20-21-12-15/h1,3-4,9,11-12,16H,2,5-8,10H2,(H,20,21)/t16-,19+/m1/s1. The molecule has 0 saturated carbocycles. The molecule has 1 N–H and O–H groups in total. The molecule has 3 saturated heterocycles. The van der Waals surface area contributed by atoms with Crippen molar-refractivity contribution in [2.24, 2.45) is 0 Å². The van der Waals surface area contributed by atoms with Gasteiger partial charge in [0.2, 0.25) is 5.91 Å². The number of hydrogen-bond donors (Lipinski definition) is 1. The van der Waals surface area contributed by atoms with Crippen molar-refractivity contribution in [3.63, 3.8) is 0 Å². The zero-order valence-corrected chi connectivity index (χ0v) is 14.4. The molecule has 0 aliphatic carbocycles. The molecule has 2 amide bonds. The van der Waals surface area contributed by atoms with E-state index in [4.69, 9.17) is 4.74 Å². The normalized spacial score (nSPS) is 27.5. The van der Waals surface area contributed by atoms with Gasteiger partial charge in [0, 0.05) is 36.8 Å². The molecule has 0 bridgehead atoms. The van der Waals surface area contributed by atoms with Crippen LogP contribution < -0.4 is 0 Å². The fraction of sp³-hybridized carbons (Fsp3) is 0.421. The van der Waals surface area contributed by atoms with Gasteiger partial charge in [0.25, 0.3) is 5.91 Å². The van der Waals surface area contributed by atoms with E-state index < -0.39 is 5.72 Å². The Morgan fingerprint density at radius 1 is 1.31 bits per heavy atom. The molecule has 1 spiro atoms. The number of amides is 2. The van der Waals surface area contributed by atoms with E-state index in [2.05, 4.69) is 10.2 Å². The second-order valence-corrected chi connectivity index (χ2v) is 7.13. The predicted octanol–water partition coefficient (Wildman–Crippen LogP) is 1.64. The lowest BCUT2D eigenvalue weighted by molar-refractivity contribution is -0.179. The summed E-state index contributed by atoms with van der Waals surface area (Å²) in [5.74, 6) is 0.0559. The van der Waals surface area contributed by atoms with Crippen LogP contribution in [0.25, 0.3) is 11.1 Å². The third kappa shape index (κ3) is 2.13. The van der Waals surface area contributed by atoms with Gasteiger partial charge in [-0.1, -0.05) is 12.1 Å². The molecule has 0 unspecified atom stereocenters. The summed E-state index contributed by atoms with van der Waals surface area (Å²) in [4.78, 5) is 29.3. The zero-order chi connectivity index (χ0) is 17.7. The SMILES string of the molecule is O=C(c1cccc(-c2cn[nH]c2)c1)N1CC[C@@]23OCCCN2C(=O)C[C@@H]13. The monoisotopic (exact) mass is 352 g/mol. The first-order valence-electron chi connectivity index (χ1n) is 9.04. The van der Waals surface area contributed by atoms with Crippen LogP contribution in [0.4, 0.5) is 0 Å². The molecule has 7 heteroatoms. The molecule has 7 nitrogen and oxygen atoms in total. The van der Waals surface area contributed by atoms with E-state index in [0.29, 0.717) is 31.6 Å². The summed E-state index contributed by atoms with van der Waals surface area (Å²) >= 11 is 0. The molecule has 2 atom stereocenters. The fourth-order valence-electron chi connectivity index (χ4n) is 4.60. The molecular formula is C19H20N4O3. The lowest BCUT2D eigenvalue weighted by atomic mass is 10.0. The fourth-order valence-corrected chi connectivity index (χ4v) is 4.60. The van der Waals surface area contributed by atoms with Crippen LogP contribution in [0.5, 0.6) is 0 Å². The Bertz CT molecular complexity index is 865. The quantitative estimate of drug-likeness (QED) is 0.891. The van der Waals surface area contributed by atoms with E-state index in [-0.39, 0.29) is 17.9 Å². The third-order valence-electron chi connectivity index (χ3n) is 5.81. The Hall–Kier alpha value is -2.67. The minimum atomic E-state index is -0.604. The summed E-state index contributed by atoms with van der Waals surface area (Å²) in [5, 5.41) is 6.76. The Kier molecular flexibility index (Phi) is 3.40. The number of carbonyl (C=O) groups excluding carboxylic acids is 2. The number of carbonyl (C=O) groups is 2. The number of ether oxygens (including phenoxy) is 1. The Balaban J connectivity index is 1.45. The van der Waals surface area contributed by atoms with Gasteiger partial charge < -0.3 is 14.5 Å². The minimum Gasteiger partial charge on any atom is -0.353 e. The second-order valence-electron chi connectivity index (χ2n) is 7.13. The molecular weight excluding hydrogens is 332 g/mol. The highest BCUT2D eigenvalue weighted by Crippen LogP contribution is 2.45. The van der Waals surface area contributed by atoms with Gasteiger partial charge >= 0.3 is 0 Å². The summed E-state index contributed by atoms with van der Waals surface area (Å²) in [6.45, 7) is 1.99. The first kappa shape index (κ1) is 15.6. The van der Waals surface area contributed by atoms with Gasteiger partial charge in [-0.25, -0.2) is 0 Å². The van der Waals surface area contributed by atoms with Crippen LogP contribution in [0.1, 0.15) is 29.6 Å². The number of rotatable bonds is 2. The smallest absolute Gasteiger partial charge is 0.254 e. The highest BCUT2D eigenvalue weighted by atomic mass is 16.5. The van der Waals surface area contributed by atoms with E-state index in [1.807, 2.05) is 34.1 Å². The maximum atomic E-state index is 13.2. The van der Waals surface area contributed by atoms with Crippen molar-refractivity contribution < 1.29 is 14.3 Å². The van der Waals surface area contributed by atoms with E-state index in [1.54, 1.807) is 12.4 Å². The molecule has 26 heavy (non-hydrogen) atoms. The van der Waals surface area contributed by atoms with E-state index in [1.165, 1.54) is 0 Å². The number of nitrogens with one attached hydrogen (secondary N) is 1. The van der Waals surface area contributed by atoms with Gasteiger partial charge in [0.1, 0.15) is 0 Å². The number of hydrogen-bond acceptors (Lipinski definition) is 4. The lowest BCUT2D eigenvalue weighted by Crippen LogP contribution is -2.56. The molecule has 5 rings (SSSR count). The van der Waals surface area contributed by atoms with Crippen LogP contribution in [0, 0.1) is 0 Å². The van der Waals surface area contributed by atoms with E-state index in [9.17, 15) is 9.59 Å². The second kappa shape index (κ2) is 5.67. The average Bonchev–Trinajstić information content (AvgIpc) is 3.37. The zero-order valence-electron chi connectivity index (χ0n) is 14.4. The van der Waals surface area contributed by atoms with Crippen LogP contribution >= 0.6 is 0 Å². The first-order valence-corrected chi connectivity index (χ1v) is 9.04. The summed E-state index contributed by atoms with van der Waals surface area (Å²) in [7, 11) is 0. The van der Waals surface area contributed by atoms with Crippen molar-refractivity contribution >= 4 is 11.8 Å². The molecule has 2 aromatic rings. The molecule has 3 aliphatic heterocycles. The molecule has 134 valence electrons. The molecule has 3 aliphatic rings. The molecule has 4 heterocycles. The van der Waals surface area contributed by atoms with Crippen molar-refractivity contribution in [2.75, 3.05) is 19.7 Å². The number of benzene rings is 1. The lowest BCUT2D eigenvalue weighted by Gasteiger charge is -2.42. The van der Waals surface area contributed by atoms with Crippen molar-refractivity contribution in [1.29, 1.82) is 0 Å². The Morgan fingerprint density at radius 3 is 3.08 bits per heavy atom. The minimum absolute atomic E-state index is 0.0407. The number of aromatic nitrogens is 2. The van der Waals surface area contributed by atoms with Crippen LogP contribution in [0.15, 0.2) is 36.7 Å². The highest BCUT2D eigenvalue weighted by Gasteiger charge is 2.61. The Morgan fingerprint density at radius 2 is 2.23 bits per heavy atom. The van der Waals surface area contributed by atoms with Gasteiger partial charge in [0.15, 0.2) is 5.72 Å². The maximum absolute atomic E-state index is 13.2. The molecule has 0 radical (unpaired) electrons. The number of nitrogens with zero attached hydrogens (tertiary/aromatic N) is 3. The van der Waals surface area contributed by atoms with E-state index >= 15 is 0 Å². The van der Waals surface area contributed by atoms with Crippen molar-refractivity contribution in [2.45, 2.75) is 31.0 Å². The van der Waals surface area contributed by atoms with Gasteiger partial charge in [-0.15, -0.1) is 0 Å². The van der Waals surface area contributed by atoms with Gasteiger partial charge in [-0.2, -0.15) is 5.10 Å². The number of H-pyrrole nitrogens is 1. The van der Waals surface area contributed by atoms with Crippen molar-refractivity contribution in [1.82, 2.24) is 20.0 Å². The number of likely N-dealkylation sites (tertiary alicyclic amines) is 1. The van der Waals surface area contributed by atoms with Crippen LogP contribution in [-0.4, -0.2) is 63.3 Å². The largest absolute Gasteiger partial charge is 0.353 e. The molecule has 1 aromatic carbocycles.